The zero-order valence-corrected chi connectivity index (χ0v) is 10.3. The number of carbonyl (C=O) groups is 2. The number of rotatable bonds is 2. The van der Waals surface area contributed by atoms with Gasteiger partial charge in [-0.15, -0.1) is 0 Å². The van der Waals surface area contributed by atoms with Crippen molar-refractivity contribution in [3.63, 3.8) is 0 Å². The number of benzene rings is 1. The molecule has 18 heavy (non-hydrogen) atoms. The second-order valence-electron chi connectivity index (χ2n) is 4.67. The lowest BCUT2D eigenvalue weighted by Gasteiger charge is -2.19. The highest BCUT2D eigenvalue weighted by atomic mass is 16.4. The fourth-order valence-corrected chi connectivity index (χ4v) is 2.18. The second kappa shape index (κ2) is 4.33. The Morgan fingerprint density at radius 2 is 2.00 bits per heavy atom. The Kier molecular flexibility index (Phi) is 2.98. The largest absolute Gasteiger partial charge is 0.508 e. The molecule has 1 atom stereocenters. The van der Waals surface area contributed by atoms with Gasteiger partial charge in [0.2, 0.25) is 5.91 Å². The van der Waals surface area contributed by atoms with E-state index in [9.17, 15) is 14.7 Å². The smallest absolute Gasteiger partial charge is 0.308 e. The van der Waals surface area contributed by atoms with E-state index in [1.54, 1.807) is 26.0 Å². The molecular formula is C13H15NO4. The van der Waals surface area contributed by atoms with Gasteiger partial charge in [0.25, 0.3) is 0 Å². The van der Waals surface area contributed by atoms with Crippen LogP contribution in [0, 0.1) is 19.8 Å². The van der Waals surface area contributed by atoms with Gasteiger partial charge in [-0.3, -0.25) is 9.59 Å². The Labute approximate surface area is 105 Å². The van der Waals surface area contributed by atoms with E-state index in [-0.39, 0.29) is 24.6 Å². The fraction of sp³-hybridized carbons (Fsp3) is 0.385. The Balaban J connectivity index is 2.35. The van der Waals surface area contributed by atoms with Gasteiger partial charge < -0.3 is 15.1 Å². The highest BCUT2D eigenvalue weighted by Gasteiger charge is 2.35. The first-order chi connectivity index (χ1) is 8.40. The van der Waals surface area contributed by atoms with E-state index in [2.05, 4.69) is 0 Å². The monoisotopic (exact) mass is 249 g/mol. The van der Waals surface area contributed by atoms with Gasteiger partial charge in [-0.2, -0.15) is 0 Å². The lowest BCUT2D eigenvalue weighted by atomic mass is 10.1. The van der Waals surface area contributed by atoms with Crippen LogP contribution in [-0.4, -0.2) is 28.6 Å². The van der Waals surface area contributed by atoms with Crippen LogP contribution in [0.5, 0.6) is 5.75 Å². The van der Waals surface area contributed by atoms with Crippen LogP contribution >= 0.6 is 0 Å². The molecule has 5 nitrogen and oxygen atoms in total. The number of carboxylic acid groups (broad SMARTS) is 1. The summed E-state index contributed by atoms with van der Waals surface area (Å²) in [6.07, 6.45) is 0.0364. The number of anilines is 1. The van der Waals surface area contributed by atoms with Crippen LogP contribution in [0.4, 0.5) is 5.69 Å². The summed E-state index contributed by atoms with van der Waals surface area (Å²) in [4.78, 5) is 24.2. The molecule has 1 unspecified atom stereocenters. The molecule has 1 aromatic rings. The Morgan fingerprint density at radius 1 is 1.33 bits per heavy atom. The fourth-order valence-electron chi connectivity index (χ4n) is 2.18. The summed E-state index contributed by atoms with van der Waals surface area (Å²) in [5, 5.41) is 18.5. The molecule has 0 saturated carbocycles. The maximum absolute atomic E-state index is 11.8. The number of aliphatic carboxylic acids is 1. The summed E-state index contributed by atoms with van der Waals surface area (Å²) >= 11 is 0. The van der Waals surface area contributed by atoms with E-state index in [0.29, 0.717) is 11.3 Å². The molecule has 1 fully saturated rings. The van der Waals surface area contributed by atoms with Gasteiger partial charge in [0.05, 0.1) is 5.92 Å². The van der Waals surface area contributed by atoms with E-state index < -0.39 is 11.9 Å². The van der Waals surface area contributed by atoms with Crippen molar-refractivity contribution in [3.05, 3.63) is 23.3 Å². The average Bonchev–Trinajstić information content (AvgIpc) is 2.66. The van der Waals surface area contributed by atoms with Crippen molar-refractivity contribution in [2.24, 2.45) is 5.92 Å². The lowest BCUT2D eigenvalue weighted by molar-refractivity contribution is -0.141. The van der Waals surface area contributed by atoms with Crippen LogP contribution in [0.3, 0.4) is 0 Å². The van der Waals surface area contributed by atoms with Gasteiger partial charge in [-0.25, -0.2) is 0 Å². The van der Waals surface area contributed by atoms with Crippen molar-refractivity contribution in [1.82, 2.24) is 0 Å². The number of phenolic OH excluding ortho intramolecular Hbond substituents is 1. The zero-order valence-electron chi connectivity index (χ0n) is 10.3. The van der Waals surface area contributed by atoms with Crippen LogP contribution < -0.4 is 4.90 Å². The molecule has 5 heteroatoms. The minimum absolute atomic E-state index is 0.0364. The molecule has 0 spiro atoms. The van der Waals surface area contributed by atoms with Crippen molar-refractivity contribution in [2.75, 3.05) is 11.4 Å². The van der Waals surface area contributed by atoms with E-state index in [0.717, 1.165) is 5.56 Å². The van der Waals surface area contributed by atoms with Crippen LogP contribution in [0.15, 0.2) is 12.1 Å². The normalized spacial score (nSPS) is 19.3. The van der Waals surface area contributed by atoms with E-state index in [1.807, 2.05) is 0 Å². The van der Waals surface area contributed by atoms with Crippen LogP contribution in [0.2, 0.25) is 0 Å². The van der Waals surface area contributed by atoms with Gasteiger partial charge in [0.15, 0.2) is 0 Å². The number of carboxylic acids is 1. The van der Waals surface area contributed by atoms with Crippen molar-refractivity contribution in [3.8, 4) is 5.75 Å². The maximum Gasteiger partial charge on any atom is 0.308 e. The molecule has 0 aliphatic carbocycles. The Hall–Kier alpha value is -2.04. The molecule has 1 aliphatic rings. The minimum Gasteiger partial charge on any atom is -0.508 e. The molecule has 0 bridgehead atoms. The van der Waals surface area contributed by atoms with Crippen LogP contribution in [-0.2, 0) is 9.59 Å². The maximum atomic E-state index is 11.8. The third-order valence-corrected chi connectivity index (χ3v) is 3.28. The average molecular weight is 249 g/mol. The summed E-state index contributed by atoms with van der Waals surface area (Å²) in [5.74, 6) is -1.60. The first-order valence-electron chi connectivity index (χ1n) is 5.73. The number of aromatic hydroxyl groups is 1. The van der Waals surface area contributed by atoms with Gasteiger partial charge >= 0.3 is 5.97 Å². The van der Waals surface area contributed by atoms with E-state index >= 15 is 0 Å². The van der Waals surface area contributed by atoms with Gasteiger partial charge in [0.1, 0.15) is 5.75 Å². The van der Waals surface area contributed by atoms with Crippen molar-refractivity contribution < 1.29 is 19.8 Å². The Morgan fingerprint density at radius 3 is 2.56 bits per heavy atom. The predicted octanol–water partition coefficient (Wildman–Crippen LogP) is 1.45. The highest BCUT2D eigenvalue weighted by Crippen LogP contribution is 2.32. The van der Waals surface area contributed by atoms with Crippen molar-refractivity contribution in [1.29, 1.82) is 0 Å². The number of amides is 1. The molecule has 1 aromatic carbocycles. The summed E-state index contributed by atoms with van der Waals surface area (Å²) in [6.45, 7) is 3.72. The second-order valence-corrected chi connectivity index (χ2v) is 4.67. The van der Waals surface area contributed by atoms with Crippen LogP contribution in [0.1, 0.15) is 17.5 Å². The van der Waals surface area contributed by atoms with Gasteiger partial charge in [-0.1, -0.05) is 0 Å². The summed E-state index contributed by atoms with van der Waals surface area (Å²) in [7, 11) is 0. The first kappa shape index (κ1) is 12.4. The molecular weight excluding hydrogens is 234 g/mol. The quantitative estimate of drug-likeness (QED) is 0.831. The minimum atomic E-state index is -0.945. The first-order valence-corrected chi connectivity index (χ1v) is 5.73. The number of phenols is 1. The molecule has 2 rings (SSSR count). The number of carbonyl (C=O) groups excluding carboxylic acids is 1. The molecule has 96 valence electrons. The summed E-state index contributed by atoms with van der Waals surface area (Å²) in [5.41, 5.74) is 2.11. The van der Waals surface area contributed by atoms with E-state index in [4.69, 9.17) is 5.11 Å². The van der Waals surface area contributed by atoms with Crippen molar-refractivity contribution >= 4 is 17.6 Å². The molecule has 1 saturated heterocycles. The number of aryl methyl sites for hydroxylation is 2. The number of hydrogen-bond donors (Lipinski definition) is 2. The highest BCUT2D eigenvalue weighted by molar-refractivity contribution is 5.99. The molecule has 2 N–H and O–H groups in total. The Bertz CT molecular complexity index is 524. The molecule has 0 aromatic heterocycles. The SMILES string of the molecule is Cc1cc(N2CC(C(=O)O)CC2=O)c(C)cc1O. The third kappa shape index (κ3) is 2.03. The molecule has 1 heterocycles. The van der Waals surface area contributed by atoms with Crippen molar-refractivity contribution in [2.45, 2.75) is 20.3 Å². The third-order valence-electron chi connectivity index (χ3n) is 3.28. The van der Waals surface area contributed by atoms with Gasteiger partial charge in [0, 0.05) is 18.7 Å². The summed E-state index contributed by atoms with van der Waals surface area (Å²) in [6, 6.07) is 3.30. The number of nitrogens with zero attached hydrogens (tertiary/aromatic N) is 1. The lowest BCUT2D eigenvalue weighted by Crippen LogP contribution is -2.26. The summed E-state index contributed by atoms with van der Waals surface area (Å²) < 4.78 is 0. The molecule has 0 radical (unpaired) electrons. The van der Waals surface area contributed by atoms with Gasteiger partial charge in [-0.05, 0) is 37.1 Å². The van der Waals surface area contributed by atoms with E-state index in [1.165, 1.54) is 4.90 Å². The zero-order chi connectivity index (χ0) is 13.4. The predicted molar refractivity (Wildman–Crippen MR) is 65.7 cm³/mol. The standard InChI is InChI=1S/C13H15NO4/c1-7-4-11(15)8(2)3-10(7)14-6-9(13(17)18)5-12(14)16/h3-4,9,15H,5-6H2,1-2H3,(H,17,18). The molecule has 1 aliphatic heterocycles. The topological polar surface area (TPSA) is 77.8 Å². The number of hydrogen-bond acceptors (Lipinski definition) is 3. The van der Waals surface area contributed by atoms with Crippen LogP contribution in [0.25, 0.3) is 0 Å². The molecule has 1 amide bonds.